The molecule has 0 radical (unpaired) electrons. The van der Waals surface area contributed by atoms with Gasteiger partial charge in [0.1, 0.15) is 0 Å². The first kappa shape index (κ1) is 10.6. The topological polar surface area (TPSA) is 46.2 Å². The number of carbonyl (C=O) groups is 2. The van der Waals surface area contributed by atoms with Gasteiger partial charge in [-0.2, -0.15) is 0 Å². The molecule has 0 spiro atoms. The molecule has 0 saturated carbocycles. The van der Waals surface area contributed by atoms with Crippen molar-refractivity contribution >= 4 is 11.7 Å². The van der Waals surface area contributed by atoms with Gasteiger partial charge in [-0.15, -0.1) is 0 Å². The van der Waals surface area contributed by atoms with Gasteiger partial charge < -0.3 is 5.32 Å². The van der Waals surface area contributed by atoms with Gasteiger partial charge in [0.15, 0.2) is 5.78 Å². The SMILES string of the molecule is CC(=O)C1=CNC(=O)CC1c1ccccc1. The second-order valence-electron chi connectivity index (χ2n) is 3.89. The number of ketones is 1. The molecule has 1 aliphatic rings. The van der Waals surface area contributed by atoms with E-state index in [1.165, 1.54) is 13.1 Å². The van der Waals surface area contributed by atoms with Crippen molar-refractivity contribution in [3.8, 4) is 0 Å². The molecule has 1 aromatic carbocycles. The molecule has 3 nitrogen and oxygen atoms in total. The lowest BCUT2D eigenvalue weighted by atomic mass is 9.85. The van der Waals surface area contributed by atoms with Crippen LogP contribution in [0.2, 0.25) is 0 Å². The predicted molar refractivity (Wildman–Crippen MR) is 60.7 cm³/mol. The van der Waals surface area contributed by atoms with Crippen LogP contribution >= 0.6 is 0 Å². The minimum atomic E-state index is -0.104. The summed E-state index contributed by atoms with van der Waals surface area (Å²) >= 11 is 0. The Labute approximate surface area is 94.2 Å². The molecular weight excluding hydrogens is 202 g/mol. The van der Waals surface area contributed by atoms with Crippen molar-refractivity contribution in [1.29, 1.82) is 0 Å². The van der Waals surface area contributed by atoms with Crippen molar-refractivity contribution in [1.82, 2.24) is 5.32 Å². The van der Waals surface area contributed by atoms with Gasteiger partial charge in [0.2, 0.25) is 5.91 Å². The Morgan fingerprint density at radius 3 is 2.62 bits per heavy atom. The fraction of sp³-hybridized carbons (Fsp3) is 0.231. The van der Waals surface area contributed by atoms with Crippen LogP contribution in [0.3, 0.4) is 0 Å². The smallest absolute Gasteiger partial charge is 0.224 e. The van der Waals surface area contributed by atoms with E-state index in [4.69, 9.17) is 0 Å². The molecule has 0 saturated heterocycles. The first-order valence-corrected chi connectivity index (χ1v) is 5.24. The molecular formula is C13H13NO2. The van der Waals surface area contributed by atoms with Crippen LogP contribution < -0.4 is 5.32 Å². The average molecular weight is 215 g/mol. The molecule has 0 aliphatic carbocycles. The van der Waals surface area contributed by atoms with Gasteiger partial charge in [-0.05, 0) is 12.5 Å². The molecule has 2 rings (SSSR count). The highest BCUT2D eigenvalue weighted by atomic mass is 16.1. The third-order valence-corrected chi connectivity index (χ3v) is 2.76. The number of Topliss-reactive ketones (excluding diaryl/α,β-unsaturated/α-hetero) is 1. The summed E-state index contributed by atoms with van der Waals surface area (Å²) in [6.07, 6.45) is 1.88. The molecule has 1 amide bonds. The Balaban J connectivity index is 2.38. The molecule has 0 bridgehead atoms. The van der Waals surface area contributed by atoms with Crippen LogP contribution in [0.4, 0.5) is 0 Å². The summed E-state index contributed by atoms with van der Waals surface area (Å²) in [5, 5.41) is 2.59. The molecule has 1 aliphatic heterocycles. The number of carbonyl (C=O) groups excluding carboxylic acids is 2. The number of amides is 1. The molecule has 1 atom stereocenters. The average Bonchev–Trinajstić information content (AvgIpc) is 2.29. The molecule has 1 N–H and O–H groups in total. The Morgan fingerprint density at radius 2 is 2.00 bits per heavy atom. The number of nitrogens with one attached hydrogen (secondary N) is 1. The second-order valence-corrected chi connectivity index (χ2v) is 3.89. The lowest BCUT2D eigenvalue weighted by molar-refractivity contribution is -0.121. The Kier molecular flexibility index (Phi) is 2.86. The van der Waals surface area contributed by atoms with Gasteiger partial charge in [-0.3, -0.25) is 9.59 Å². The number of benzene rings is 1. The van der Waals surface area contributed by atoms with E-state index in [1.54, 1.807) is 0 Å². The van der Waals surface area contributed by atoms with Crippen molar-refractivity contribution in [2.75, 3.05) is 0 Å². The van der Waals surface area contributed by atoms with Gasteiger partial charge in [-0.25, -0.2) is 0 Å². The predicted octanol–water partition coefficient (Wildman–Crippen LogP) is 1.76. The van der Waals surface area contributed by atoms with Crippen LogP contribution in [0.25, 0.3) is 0 Å². The Morgan fingerprint density at radius 1 is 1.31 bits per heavy atom. The van der Waals surface area contributed by atoms with Crippen molar-refractivity contribution < 1.29 is 9.59 Å². The zero-order valence-electron chi connectivity index (χ0n) is 9.07. The molecule has 16 heavy (non-hydrogen) atoms. The lowest BCUT2D eigenvalue weighted by Gasteiger charge is -2.22. The monoisotopic (exact) mass is 215 g/mol. The molecule has 82 valence electrons. The van der Waals surface area contributed by atoms with Crippen molar-refractivity contribution in [3.05, 3.63) is 47.7 Å². The van der Waals surface area contributed by atoms with Crippen LogP contribution in [-0.4, -0.2) is 11.7 Å². The largest absolute Gasteiger partial charge is 0.332 e. The van der Waals surface area contributed by atoms with Crippen molar-refractivity contribution in [2.24, 2.45) is 0 Å². The minimum Gasteiger partial charge on any atom is -0.332 e. The van der Waals surface area contributed by atoms with E-state index in [2.05, 4.69) is 5.32 Å². The standard InChI is InChI=1S/C13H13NO2/c1-9(15)12-8-14-13(16)7-11(12)10-5-3-2-4-6-10/h2-6,8,11H,7H2,1H3,(H,14,16). The number of rotatable bonds is 2. The van der Waals surface area contributed by atoms with E-state index in [0.29, 0.717) is 12.0 Å². The third kappa shape index (κ3) is 2.03. The van der Waals surface area contributed by atoms with E-state index in [9.17, 15) is 9.59 Å². The zero-order chi connectivity index (χ0) is 11.5. The van der Waals surface area contributed by atoms with Gasteiger partial charge in [-0.1, -0.05) is 30.3 Å². The first-order chi connectivity index (χ1) is 7.68. The van der Waals surface area contributed by atoms with Crippen LogP contribution in [0, 0.1) is 0 Å². The zero-order valence-corrected chi connectivity index (χ0v) is 9.07. The maximum Gasteiger partial charge on any atom is 0.224 e. The minimum absolute atomic E-state index is 0.00820. The fourth-order valence-electron chi connectivity index (χ4n) is 1.94. The number of hydrogen-bond acceptors (Lipinski definition) is 2. The highest BCUT2D eigenvalue weighted by Crippen LogP contribution is 2.30. The summed E-state index contributed by atoms with van der Waals surface area (Å²) in [5.41, 5.74) is 1.68. The number of hydrogen-bond donors (Lipinski definition) is 1. The molecule has 1 unspecified atom stereocenters. The molecule has 1 aromatic rings. The summed E-state index contributed by atoms with van der Waals surface area (Å²) in [6, 6.07) is 9.64. The van der Waals surface area contributed by atoms with Gasteiger partial charge in [0.05, 0.1) is 0 Å². The summed E-state index contributed by atoms with van der Waals surface area (Å²) in [6.45, 7) is 1.53. The van der Waals surface area contributed by atoms with Crippen LogP contribution in [0.15, 0.2) is 42.1 Å². The summed E-state index contributed by atoms with van der Waals surface area (Å²) < 4.78 is 0. The molecule has 1 heterocycles. The van der Waals surface area contributed by atoms with E-state index in [0.717, 1.165) is 5.56 Å². The summed E-state index contributed by atoms with van der Waals surface area (Å²) in [5.74, 6) is -0.139. The van der Waals surface area contributed by atoms with Crippen LogP contribution in [-0.2, 0) is 9.59 Å². The van der Waals surface area contributed by atoms with Gasteiger partial charge >= 0.3 is 0 Å². The lowest BCUT2D eigenvalue weighted by Crippen LogP contribution is -2.29. The highest BCUT2D eigenvalue weighted by molar-refractivity contribution is 5.97. The number of allylic oxidation sites excluding steroid dienone is 1. The molecule has 0 aromatic heterocycles. The van der Waals surface area contributed by atoms with E-state index in [-0.39, 0.29) is 17.6 Å². The normalized spacial score (nSPS) is 19.9. The van der Waals surface area contributed by atoms with E-state index in [1.807, 2.05) is 30.3 Å². The maximum atomic E-state index is 11.5. The first-order valence-electron chi connectivity index (χ1n) is 5.24. The second kappa shape index (κ2) is 4.31. The van der Waals surface area contributed by atoms with Crippen molar-refractivity contribution in [2.45, 2.75) is 19.3 Å². The van der Waals surface area contributed by atoms with Gasteiger partial charge in [0, 0.05) is 24.1 Å². The van der Waals surface area contributed by atoms with E-state index < -0.39 is 0 Å². The third-order valence-electron chi connectivity index (χ3n) is 2.76. The Bertz CT molecular complexity index is 448. The Hall–Kier alpha value is -1.90. The van der Waals surface area contributed by atoms with E-state index >= 15 is 0 Å². The van der Waals surface area contributed by atoms with Crippen LogP contribution in [0.1, 0.15) is 24.8 Å². The highest BCUT2D eigenvalue weighted by Gasteiger charge is 2.26. The van der Waals surface area contributed by atoms with Crippen molar-refractivity contribution in [3.63, 3.8) is 0 Å². The van der Waals surface area contributed by atoms with Crippen LogP contribution in [0.5, 0.6) is 0 Å². The maximum absolute atomic E-state index is 11.5. The fourth-order valence-corrected chi connectivity index (χ4v) is 1.94. The van der Waals surface area contributed by atoms with Gasteiger partial charge in [0.25, 0.3) is 0 Å². The summed E-state index contributed by atoms with van der Waals surface area (Å²) in [7, 11) is 0. The quantitative estimate of drug-likeness (QED) is 0.817. The molecule has 0 fully saturated rings. The summed E-state index contributed by atoms with van der Waals surface area (Å²) in [4.78, 5) is 22.8. The molecule has 3 heteroatoms.